The van der Waals surface area contributed by atoms with Gasteiger partial charge in [-0.15, -0.1) is 0 Å². The molecular formula is C83H154NO8+. The van der Waals surface area contributed by atoms with Crippen LogP contribution in [0.4, 0.5) is 0 Å². The summed E-state index contributed by atoms with van der Waals surface area (Å²) in [5.41, 5.74) is 0. The van der Waals surface area contributed by atoms with Crippen molar-refractivity contribution in [3.8, 4) is 0 Å². The molecule has 0 aliphatic rings. The SMILES string of the molecule is CC/C=C\C/C=C\C/C=C\C/C=C\C/C=C\CCCCCCCCCCCCCCCCCCCCCCCCCC(=O)OC(COC(=O)CCCCCCCCCCCCCCCCCCCCCCCCCCCCCC)COC(OCC[N+](C)(C)C)C(=O)O. The minimum Gasteiger partial charge on any atom is -0.477 e. The first kappa shape index (κ1) is 89.0. The summed E-state index contributed by atoms with van der Waals surface area (Å²) < 4.78 is 23.1. The van der Waals surface area contributed by atoms with Crippen LogP contribution in [-0.2, 0) is 33.3 Å². The molecule has 0 spiro atoms. The Bertz CT molecular complexity index is 1700. The monoisotopic (exact) mass is 1290 g/mol. The minimum atomic E-state index is -1.51. The number of carbonyl (C=O) groups is 3. The van der Waals surface area contributed by atoms with E-state index in [-0.39, 0.29) is 38.2 Å². The van der Waals surface area contributed by atoms with Crippen LogP contribution in [0.15, 0.2) is 60.8 Å². The van der Waals surface area contributed by atoms with E-state index in [0.29, 0.717) is 17.4 Å². The summed E-state index contributed by atoms with van der Waals surface area (Å²) in [5.74, 6) is -1.97. The number of likely N-dealkylation sites (N-methyl/N-ethyl adjacent to an activating group) is 1. The standard InChI is InChI=1S/C83H153NO8/c1-6-8-10-12-14-16-18-20-22-24-26-28-30-32-34-36-37-38-39-40-41-42-43-44-45-46-48-50-52-54-56-58-60-62-64-66-68-70-72-74-81(86)92-79(78-91-83(82(87)88)89-76-75-84(3,4)5)77-90-80(85)73-71-69-67-65-63-61-59-57-55-53-51-49-47-35-33-31-29-27-25-23-21-19-17-15-13-11-9-7-2/h8,10,14,16,20,22,26,28,32,34,79,83H,6-7,9,11-13,15,17-19,21,23-25,27,29-31,33,35-78H2,1-5H3/p+1/b10-8-,16-14-,22-20-,28-26-,34-32-. The van der Waals surface area contributed by atoms with Gasteiger partial charge < -0.3 is 28.5 Å². The van der Waals surface area contributed by atoms with Crippen molar-refractivity contribution in [2.24, 2.45) is 0 Å². The molecule has 0 saturated heterocycles. The molecule has 2 unspecified atom stereocenters. The Kier molecular flexibility index (Phi) is 71.4. The lowest BCUT2D eigenvalue weighted by Crippen LogP contribution is -2.40. The van der Waals surface area contributed by atoms with Gasteiger partial charge in [-0.3, -0.25) is 9.59 Å². The zero-order valence-electron chi connectivity index (χ0n) is 61.7. The molecule has 0 aromatic carbocycles. The molecule has 0 amide bonds. The fraction of sp³-hybridized carbons (Fsp3) is 0.843. The molecule has 0 aliphatic heterocycles. The molecule has 0 aromatic heterocycles. The van der Waals surface area contributed by atoms with Crippen molar-refractivity contribution in [1.82, 2.24) is 0 Å². The first-order valence-electron chi connectivity index (χ1n) is 40.0. The van der Waals surface area contributed by atoms with Crippen molar-refractivity contribution in [3.05, 3.63) is 60.8 Å². The van der Waals surface area contributed by atoms with E-state index >= 15 is 0 Å². The Balaban J connectivity index is 3.96. The number of aliphatic carboxylic acids is 1. The van der Waals surface area contributed by atoms with Crippen LogP contribution in [0.2, 0.25) is 0 Å². The molecule has 9 nitrogen and oxygen atoms in total. The van der Waals surface area contributed by atoms with Crippen LogP contribution in [0.3, 0.4) is 0 Å². The molecule has 0 heterocycles. The van der Waals surface area contributed by atoms with Crippen LogP contribution in [0.1, 0.15) is 393 Å². The van der Waals surface area contributed by atoms with Gasteiger partial charge in [0.25, 0.3) is 6.29 Å². The third-order valence-electron chi connectivity index (χ3n) is 18.0. The summed E-state index contributed by atoms with van der Waals surface area (Å²) in [4.78, 5) is 37.7. The van der Waals surface area contributed by atoms with Crippen molar-refractivity contribution in [1.29, 1.82) is 0 Å². The molecule has 2 atom stereocenters. The Morgan fingerprint density at radius 1 is 0.337 bits per heavy atom. The van der Waals surface area contributed by atoms with Crippen LogP contribution >= 0.6 is 0 Å². The van der Waals surface area contributed by atoms with Gasteiger partial charge in [-0.1, -0.05) is 383 Å². The number of nitrogens with zero attached hydrogens (tertiary/aromatic N) is 1. The number of hydrogen-bond donors (Lipinski definition) is 1. The second kappa shape index (κ2) is 73.8. The quantitative estimate of drug-likeness (QED) is 0.0211. The second-order valence-electron chi connectivity index (χ2n) is 28.4. The van der Waals surface area contributed by atoms with Gasteiger partial charge in [-0.25, -0.2) is 4.79 Å². The van der Waals surface area contributed by atoms with Crippen LogP contribution in [-0.4, -0.2) is 87.4 Å². The number of carboxylic acids is 1. The Morgan fingerprint density at radius 3 is 0.924 bits per heavy atom. The fourth-order valence-corrected chi connectivity index (χ4v) is 12.0. The van der Waals surface area contributed by atoms with Crippen molar-refractivity contribution in [2.45, 2.75) is 405 Å². The van der Waals surface area contributed by atoms with Crippen molar-refractivity contribution in [2.75, 3.05) is 47.5 Å². The minimum absolute atomic E-state index is 0.175. The molecule has 0 rings (SSSR count). The number of carbonyl (C=O) groups excluding carboxylic acids is 2. The number of hydrogen-bond acceptors (Lipinski definition) is 7. The van der Waals surface area contributed by atoms with E-state index in [9.17, 15) is 19.5 Å². The molecular weight excluding hydrogens is 1140 g/mol. The molecule has 0 aliphatic carbocycles. The Hall–Kier alpha value is -3.01. The molecule has 0 fully saturated rings. The number of allylic oxidation sites excluding steroid dienone is 10. The maximum Gasteiger partial charge on any atom is 0.361 e. The average Bonchev–Trinajstić information content (AvgIpc) is 3.75. The topological polar surface area (TPSA) is 108 Å². The molecule has 538 valence electrons. The summed E-state index contributed by atoms with van der Waals surface area (Å²) in [5, 5.41) is 9.77. The Morgan fingerprint density at radius 2 is 0.620 bits per heavy atom. The highest BCUT2D eigenvalue weighted by molar-refractivity contribution is 5.71. The van der Waals surface area contributed by atoms with Crippen molar-refractivity contribution >= 4 is 17.9 Å². The molecule has 0 bridgehead atoms. The Labute approximate surface area is 571 Å². The summed E-state index contributed by atoms with van der Waals surface area (Å²) >= 11 is 0. The van der Waals surface area contributed by atoms with Gasteiger partial charge >= 0.3 is 17.9 Å². The largest absolute Gasteiger partial charge is 0.477 e. The molecule has 0 saturated carbocycles. The lowest BCUT2D eigenvalue weighted by atomic mass is 10.0. The van der Waals surface area contributed by atoms with Crippen LogP contribution < -0.4 is 0 Å². The maximum atomic E-state index is 13.0. The van der Waals surface area contributed by atoms with Gasteiger partial charge in [-0.2, -0.15) is 0 Å². The van der Waals surface area contributed by atoms with E-state index in [1.165, 1.54) is 295 Å². The average molecular weight is 1290 g/mol. The van der Waals surface area contributed by atoms with Gasteiger partial charge in [0.05, 0.1) is 34.4 Å². The third-order valence-corrected chi connectivity index (χ3v) is 18.0. The molecule has 92 heavy (non-hydrogen) atoms. The zero-order chi connectivity index (χ0) is 66.8. The van der Waals surface area contributed by atoms with E-state index in [1.54, 1.807) is 0 Å². The molecule has 0 aromatic rings. The van der Waals surface area contributed by atoms with E-state index in [2.05, 4.69) is 74.6 Å². The fourth-order valence-electron chi connectivity index (χ4n) is 12.0. The number of carboxylic acid groups (broad SMARTS) is 1. The van der Waals surface area contributed by atoms with Gasteiger partial charge in [0.1, 0.15) is 13.2 Å². The number of rotatable bonds is 75. The summed E-state index contributed by atoms with van der Waals surface area (Å²) in [6.07, 6.45) is 95.2. The predicted molar refractivity (Wildman–Crippen MR) is 397 cm³/mol. The van der Waals surface area contributed by atoms with Gasteiger partial charge in [0, 0.05) is 12.8 Å². The summed E-state index contributed by atoms with van der Waals surface area (Å²) in [6, 6.07) is 0. The summed E-state index contributed by atoms with van der Waals surface area (Å²) in [6.45, 7) is 4.84. The third kappa shape index (κ3) is 74.4. The second-order valence-corrected chi connectivity index (χ2v) is 28.4. The smallest absolute Gasteiger partial charge is 0.361 e. The van der Waals surface area contributed by atoms with E-state index in [1.807, 2.05) is 21.1 Å². The van der Waals surface area contributed by atoms with Gasteiger partial charge in [0.2, 0.25) is 0 Å². The number of quaternary nitrogens is 1. The zero-order valence-corrected chi connectivity index (χ0v) is 61.7. The number of ether oxygens (including phenoxy) is 4. The lowest BCUT2D eigenvalue weighted by molar-refractivity contribution is -0.870. The van der Waals surface area contributed by atoms with E-state index < -0.39 is 18.4 Å². The number of unbranched alkanes of at least 4 members (excludes halogenated alkanes) is 50. The van der Waals surface area contributed by atoms with Gasteiger partial charge in [-0.05, 0) is 57.8 Å². The van der Waals surface area contributed by atoms with Crippen LogP contribution in [0, 0.1) is 0 Å². The highest BCUT2D eigenvalue weighted by Crippen LogP contribution is 2.20. The lowest BCUT2D eigenvalue weighted by Gasteiger charge is -2.25. The van der Waals surface area contributed by atoms with Gasteiger partial charge in [0.15, 0.2) is 6.10 Å². The van der Waals surface area contributed by atoms with Crippen molar-refractivity contribution < 1.29 is 42.9 Å². The summed E-state index contributed by atoms with van der Waals surface area (Å²) in [7, 11) is 6.00. The molecule has 0 radical (unpaired) electrons. The van der Waals surface area contributed by atoms with Crippen LogP contribution in [0.25, 0.3) is 0 Å². The van der Waals surface area contributed by atoms with E-state index in [4.69, 9.17) is 18.9 Å². The highest BCUT2D eigenvalue weighted by atomic mass is 16.7. The molecule has 9 heteroatoms. The van der Waals surface area contributed by atoms with Crippen molar-refractivity contribution in [3.63, 3.8) is 0 Å². The number of esters is 2. The first-order valence-corrected chi connectivity index (χ1v) is 40.0. The van der Waals surface area contributed by atoms with E-state index in [0.717, 1.165) is 70.6 Å². The van der Waals surface area contributed by atoms with Crippen LogP contribution in [0.5, 0.6) is 0 Å². The highest BCUT2D eigenvalue weighted by Gasteiger charge is 2.25. The normalized spacial score (nSPS) is 12.9. The maximum absolute atomic E-state index is 13.0. The first-order chi connectivity index (χ1) is 45.1. The predicted octanol–water partition coefficient (Wildman–Crippen LogP) is 25.4. The molecule has 1 N–H and O–H groups in total.